The molecule has 7 heteroatoms. The van der Waals surface area contributed by atoms with Crippen molar-refractivity contribution in [2.24, 2.45) is 5.73 Å². The number of hydrogen-bond donors (Lipinski definition) is 2. The standard InChI is InChI=1S/C15H15N5O2/c1-4-10-6-5-7-11(8-10)20-9-12(13(18-20)14(16)21)17-15(22)19(2)3/h1,5-9H,2-3H3,(H2,16,21)(H,17,22). The maximum absolute atomic E-state index is 11.7. The lowest BCUT2D eigenvalue weighted by atomic mass is 10.2. The topological polar surface area (TPSA) is 93.3 Å². The number of primary amides is 1. The molecule has 0 aliphatic carbocycles. The number of rotatable bonds is 3. The SMILES string of the molecule is C#Cc1cccc(-n2cc(NC(=O)N(C)C)c(C(N)=O)n2)c1. The van der Waals surface area contributed by atoms with Crippen LogP contribution in [0.4, 0.5) is 10.5 Å². The van der Waals surface area contributed by atoms with Gasteiger partial charge in [0.1, 0.15) is 0 Å². The maximum atomic E-state index is 11.7. The molecular weight excluding hydrogens is 282 g/mol. The van der Waals surface area contributed by atoms with Crippen molar-refractivity contribution in [3.63, 3.8) is 0 Å². The molecular formula is C15H15N5O2. The highest BCUT2D eigenvalue weighted by molar-refractivity contribution is 6.01. The van der Waals surface area contributed by atoms with Gasteiger partial charge in [-0.05, 0) is 18.2 Å². The molecule has 0 aliphatic heterocycles. The van der Waals surface area contributed by atoms with Crippen molar-refractivity contribution in [1.29, 1.82) is 0 Å². The van der Waals surface area contributed by atoms with Gasteiger partial charge < -0.3 is 16.0 Å². The highest BCUT2D eigenvalue weighted by Gasteiger charge is 2.17. The summed E-state index contributed by atoms with van der Waals surface area (Å²) in [4.78, 5) is 24.6. The van der Waals surface area contributed by atoms with E-state index in [-0.39, 0.29) is 17.4 Å². The van der Waals surface area contributed by atoms with E-state index in [9.17, 15) is 9.59 Å². The van der Waals surface area contributed by atoms with Gasteiger partial charge in [0.25, 0.3) is 5.91 Å². The van der Waals surface area contributed by atoms with Crippen molar-refractivity contribution >= 4 is 17.6 Å². The number of nitrogens with zero attached hydrogens (tertiary/aromatic N) is 3. The van der Waals surface area contributed by atoms with E-state index in [0.717, 1.165) is 0 Å². The van der Waals surface area contributed by atoms with Crippen molar-refractivity contribution in [1.82, 2.24) is 14.7 Å². The molecule has 0 saturated carbocycles. The highest BCUT2D eigenvalue weighted by Crippen LogP contribution is 2.18. The number of carbonyl (C=O) groups is 2. The van der Waals surface area contributed by atoms with Crippen molar-refractivity contribution in [3.05, 3.63) is 41.7 Å². The zero-order chi connectivity index (χ0) is 16.3. The summed E-state index contributed by atoms with van der Waals surface area (Å²) in [5.74, 6) is 1.78. The Labute approximate surface area is 127 Å². The third kappa shape index (κ3) is 3.07. The van der Waals surface area contributed by atoms with Gasteiger partial charge in [0.05, 0.1) is 17.6 Å². The van der Waals surface area contributed by atoms with Gasteiger partial charge in [-0.15, -0.1) is 6.42 Å². The van der Waals surface area contributed by atoms with Crippen LogP contribution in [0, 0.1) is 12.3 Å². The second-order valence-electron chi connectivity index (χ2n) is 4.72. The molecule has 1 heterocycles. The number of urea groups is 1. The fourth-order valence-electron chi connectivity index (χ4n) is 1.74. The first-order valence-electron chi connectivity index (χ1n) is 6.37. The van der Waals surface area contributed by atoms with Crippen LogP contribution in [-0.2, 0) is 0 Å². The van der Waals surface area contributed by atoms with Crippen LogP contribution in [0.25, 0.3) is 5.69 Å². The summed E-state index contributed by atoms with van der Waals surface area (Å²) < 4.78 is 1.44. The highest BCUT2D eigenvalue weighted by atomic mass is 16.2. The van der Waals surface area contributed by atoms with Gasteiger partial charge in [-0.2, -0.15) is 5.10 Å². The molecule has 1 aromatic heterocycles. The average molecular weight is 297 g/mol. The Hall–Kier alpha value is -3.27. The minimum Gasteiger partial charge on any atom is -0.364 e. The molecule has 3 N–H and O–H groups in total. The first-order valence-corrected chi connectivity index (χ1v) is 6.37. The van der Waals surface area contributed by atoms with Crippen molar-refractivity contribution in [2.45, 2.75) is 0 Å². The molecule has 0 bridgehead atoms. The average Bonchev–Trinajstić information content (AvgIpc) is 2.91. The number of benzene rings is 1. The number of anilines is 1. The largest absolute Gasteiger partial charge is 0.364 e. The van der Waals surface area contributed by atoms with Crippen LogP contribution in [0.1, 0.15) is 16.1 Å². The minimum atomic E-state index is -0.735. The van der Waals surface area contributed by atoms with Gasteiger partial charge >= 0.3 is 6.03 Å². The molecule has 2 aromatic rings. The van der Waals surface area contributed by atoms with Crippen LogP contribution >= 0.6 is 0 Å². The Bertz CT molecular complexity index is 770. The van der Waals surface area contributed by atoms with E-state index in [0.29, 0.717) is 11.3 Å². The van der Waals surface area contributed by atoms with Crippen LogP contribution in [-0.4, -0.2) is 40.7 Å². The zero-order valence-electron chi connectivity index (χ0n) is 12.2. The molecule has 7 nitrogen and oxygen atoms in total. The van der Waals surface area contributed by atoms with E-state index in [4.69, 9.17) is 12.2 Å². The third-order valence-corrected chi connectivity index (χ3v) is 2.87. The zero-order valence-corrected chi connectivity index (χ0v) is 12.2. The lowest BCUT2D eigenvalue weighted by Gasteiger charge is -2.10. The Morgan fingerprint density at radius 2 is 2.14 bits per heavy atom. The predicted molar refractivity (Wildman–Crippen MR) is 82.7 cm³/mol. The summed E-state index contributed by atoms with van der Waals surface area (Å²) in [5.41, 5.74) is 6.84. The van der Waals surface area contributed by atoms with Gasteiger partial charge in [0.15, 0.2) is 5.69 Å². The molecule has 0 atom stereocenters. The van der Waals surface area contributed by atoms with Crippen LogP contribution in [0.5, 0.6) is 0 Å². The van der Waals surface area contributed by atoms with E-state index < -0.39 is 5.91 Å². The summed E-state index contributed by atoms with van der Waals surface area (Å²) in [5, 5.41) is 6.68. The minimum absolute atomic E-state index is 0.0266. The number of carbonyl (C=O) groups excluding carboxylic acids is 2. The molecule has 0 spiro atoms. The Kier molecular flexibility index (Phi) is 4.13. The first kappa shape index (κ1) is 15.1. The summed E-state index contributed by atoms with van der Waals surface area (Å²) in [6.45, 7) is 0. The Balaban J connectivity index is 2.44. The first-order chi connectivity index (χ1) is 10.4. The van der Waals surface area contributed by atoms with Gasteiger partial charge in [-0.25, -0.2) is 9.48 Å². The van der Waals surface area contributed by atoms with E-state index in [1.165, 1.54) is 15.8 Å². The Morgan fingerprint density at radius 1 is 1.41 bits per heavy atom. The van der Waals surface area contributed by atoms with Crippen LogP contribution in [0.2, 0.25) is 0 Å². The fourth-order valence-corrected chi connectivity index (χ4v) is 1.74. The summed E-state index contributed by atoms with van der Waals surface area (Å²) in [6, 6.07) is 6.66. The quantitative estimate of drug-likeness (QED) is 0.829. The smallest absolute Gasteiger partial charge is 0.321 e. The molecule has 112 valence electrons. The van der Waals surface area contributed by atoms with Crippen molar-refractivity contribution in [3.8, 4) is 18.0 Å². The molecule has 1 aromatic carbocycles. The second-order valence-corrected chi connectivity index (χ2v) is 4.72. The number of amides is 3. The predicted octanol–water partition coefficient (Wildman–Crippen LogP) is 1.05. The maximum Gasteiger partial charge on any atom is 0.321 e. The van der Waals surface area contributed by atoms with Crippen molar-refractivity contribution in [2.75, 3.05) is 19.4 Å². The Morgan fingerprint density at radius 3 is 2.73 bits per heavy atom. The molecule has 0 radical (unpaired) electrons. The van der Waals surface area contributed by atoms with E-state index >= 15 is 0 Å². The molecule has 0 fully saturated rings. The normalized spacial score (nSPS) is 9.86. The molecule has 2 rings (SSSR count). The number of nitrogens with two attached hydrogens (primary N) is 1. The van der Waals surface area contributed by atoms with Crippen LogP contribution < -0.4 is 11.1 Å². The molecule has 0 aliphatic rings. The lowest BCUT2D eigenvalue weighted by molar-refractivity contribution is 0.0996. The number of hydrogen-bond acceptors (Lipinski definition) is 3. The van der Waals surface area contributed by atoms with Gasteiger partial charge in [0.2, 0.25) is 0 Å². The lowest BCUT2D eigenvalue weighted by Crippen LogP contribution is -2.28. The van der Waals surface area contributed by atoms with Gasteiger partial charge in [0, 0.05) is 19.7 Å². The summed E-state index contributed by atoms with van der Waals surface area (Å²) >= 11 is 0. The molecule has 22 heavy (non-hydrogen) atoms. The number of nitrogens with one attached hydrogen (secondary N) is 1. The monoisotopic (exact) mass is 297 g/mol. The number of terminal acetylenes is 1. The van der Waals surface area contributed by atoms with Crippen molar-refractivity contribution < 1.29 is 9.59 Å². The summed E-state index contributed by atoms with van der Waals surface area (Å²) in [6.07, 6.45) is 6.87. The van der Waals surface area contributed by atoms with E-state index in [1.54, 1.807) is 38.4 Å². The fraction of sp³-hybridized carbons (Fsp3) is 0.133. The second kappa shape index (κ2) is 6.01. The van der Waals surface area contributed by atoms with Gasteiger partial charge in [-0.1, -0.05) is 12.0 Å². The van der Waals surface area contributed by atoms with E-state index in [1.807, 2.05) is 0 Å². The molecule has 0 unspecified atom stereocenters. The number of aromatic nitrogens is 2. The van der Waals surface area contributed by atoms with E-state index in [2.05, 4.69) is 16.3 Å². The third-order valence-electron chi connectivity index (χ3n) is 2.87. The molecule has 3 amide bonds. The van der Waals surface area contributed by atoms with Crippen LogP contribution in [0.3, 0.4) is 0 Å². The summed E-state index contributed by atoms with van der Waals surface area (Å²) in [7, 11) is 3.17. The van der Waals surface area contributed by atoms with Gasteiger partial charge in [-0.3, -0.25) is 4.79 Å². The van der Waals surface area contributed by atoms with Crippen LogP contribution in [0.15, 0.2) is 30.5 Å². The molecule has 0 saturated heterocycles.